The zero-order valence-electron chi connectivity index (χ0n) is 15.7. The van der Waals surface area contributed by atoms with Crippen LogP contribution in [0.3, 0.4) is 0 Å². The maximum absolute atomic E-state index is 13.7. The molecule has 1 amide bonds. The average Bonchev–Trinajstić information content (AvgIpc) is 2.87. The van der Waals surface area contributed by atoms with E-state index in [1.165, 1.54) is 35.2 Å². The van der Waals surface area contributed by atoms with E-state index in [0.29, 0.717) is 22.3 Å². The van der Waals surface area contributed by atoms with Gasteiger partial charge in [-0.25, -0.2) is 4.39 Å². The SMILES string of the molecule is CN1C(=O)C2(CN(c3cccc(OC(F)(F)F)c3)C2)c2c1cnc1cc(F)ccc21. The van der Waals surface area contributed by atoms with Gasteiger partial charge in [0, 0.05) is 48.9 Å². The molecule has 1 fully saturated rings. The van der Waals surface area contributed by atoms with Gasteiger partial charge in [-0.1, -0.05) is 6.07 Å². The van der Waals surface area contributed by atoms with Gasteiger partial charge in [-0.2, -0.15) is 0 Å². The van der Waals surface area contributed by atoms with E-state index < -0.39 is 17.6 Å². The van der Waals surface area contributed by atoms with Crippen LogP contribution in [-0.4, -0.2) is 37.4 Å². The molecule has 9 heteroatoms. The first kappa shape index (κ1) is 18.7. The Bertz CT molecular complexity index is 1190. The van der Waals surface area contributed by atoms with Crippen molar-refractivity contribution >= 4 is 28.2 Å². The van der Waals surface area contributed by atoms with Crippen molar-refractivity contribution in [1.82, 2.24) is 4.98 Å². The van der Waals surface area contributed by atoms with Crippen LogP contribution in [-0.2, 0) is 10.2 Å². The molecule has 0 N–H and O–H groups in total. The van der Waals surface area contributed by atoms with E-state index in [1.807, 2.05) is 4.90 Å². The minimum absolute atomic E-state index is 0.116. The molecule has 0 saturated carbocycles. The molecule has 5 rings (SSSR count). The van der Waals surface area contributed by atoms with Crippen LogP contribution in [0.1, 0.15) is 5.56 Å². The molecule has 0 bridgehead atoms. The van der Waals surface area contributed by atoms with Gasteiger partial charge < -0.3 is 14.5 Å². The molecule has 154 valence electrons. The predicted molar refractivity (Wildman–Crippen MR) is 102 cm³/mol. The molecule has 0 aliphatic carbocycles. The number of carbonyl (C=O) groups is 1. The first-order chi connectivity index (χ1) is 14.2. The van der Waals surface area contributed by atoms with Crippen molar-refractivity contribution in [3.8, 4) is 5.75 Å². The van der Waals surface area contributed by atoms with Gasteiger partial charge in [0.2, 0.25) is 5.91 Å². The predicted octanol–water partition coefficient (Wildman–Crippen LogP) is 4.01. The van der Waals surface area contributed by atoms with Crippen LogP contribution < -0.4 is 14.5 Å². The summed E-state index contributed by atoms with van der Waals surface area (Å²) in [5.41, 5.74) is 1.56. The van der Waals surface area contributed by atoms with Gasteiger partial charge in [-0.3, -0.25) is 9.78 Å². The lowest BCUT2D eigenvalue weighted by Crippen LogP contribution is -2.64. The highest BCUT2D eigenvalue weighted by Gasteiger charge is 2.58. The zero-order chi connectivity index (χ0) is 21.3. The van der Waals surface area contributed by atoms with Crippen LogP contribution in [0.5, 0.6) is 5.75 Å². The minimum Gasteiger partial charge on any atom is -0.406 e. The third-order valence-corrected chi connectivity index (χ3v) is 5.70. The quantitative estimate of drug-likeness (QED) is 0.592. The van der Waals surface area contributed by atoms with Crippen LogP contribution in [0.4, 0.5) is 28.9 Å². The lowest BCUT2D eigenvalue weighted by molar-refractivity contribution is -0.274. The summed E-state index contributed by atoms with van der Waals surface area (Å²) >= 11 is 0. The molecular formula is C21H15F4N3O2. The summed E-state index contributed by atoms with van der Waals surface area (Å²) in [5, 5.41) is 0.695. The van der Waals surface area contributed by atoms with Crippen molar-refractivity contribution in [1.29, 1.82) is 0 Å². The Morgan fingerprint density at radius 1 is 1.13 bits per heavy atom. The summed E-state index contributed by atoms with van der Waals surface area (Å²) in [5.74, 6) is -0.852. The minimum atomic E-state index is -4.78. The first-order valence-electron chi connectivity index (χ1n) is 9.16. The van der Waals surface area contributed by atoms with E-state index in [1.54, 1.807) is 25.4 Å². The number of anilines is 2. The monoisotopic (exact) mass is 417 g/mol. The number of hydrogen-bond donors (Lipinski definition) is 0. The normalized spacial score (nSPS) is 17.4. The average molecular weight is 417 g/mol. The largest absolute Gasteiger partial charge is 0.573 e. The van der Waals surface area contributed by atoms with E-state index in [4.69, 9.17) is 0 Å². The van der Waals surface area contributed by atoms with Crippen LogP contribution >= 0.6 is 0 Å². The number of halogens is 4. The van der Waals surface area contributed by atoms with Gasteiger partial charge in [0.15, 0.2) is 0 Å². The molecule has 1 spiro atoms. The molecule has 3 aromatic rings. The van der Waals surface area contributed by atoms with Crippen molar-refractivity contribution in [2.45, 2.75) is 11.8 Å². The highest BCUT2D eigenvalue weighted by molar-refractivity contribution is 6.14. The molecule has 0 radical (unpaired) electrons. The summed E-state index contributed by atoms with van der Waals surface area (Å²) in [6.45, 7) is 0.574. The van der Waals surface area contributed by atoms with Crippen LogP contribution in [0.15, 0.2) is 48.7 Å². The highest BCUT2D eigenvalue weighted by Crippen LogP contribution is 2.50. The summed E-state index contributed by atoms with van der Waals surface area (Å²) < 4.78 is 55.2. The second-order valence-electron chi connectivity index (χ2n) is 7.53. The number of ether oxygens (including phenoxy) is 1. The second-order valence-corrected chi connectivity index (χ2v) is 7.53. The van der Waals surface area contributed by atoms with E-state index in [-0.39, 0.29) is 24.7 Å². The van der Waals surface area contributed by atoms with Crippen molar-refractivity contribution in [2.75, 3.05) is 29.9 Å². The van der Waals surface area contributed by atoms with E-state index in [2.05, 4.69) is 9.72 Å². The van der Waals surface area contributed by atoms with Gasteiger partial charge in [0.1, 0.15) is 17.0 Å². The van der Waals surface area contributed by atoms with Crippen molar-refractivity contribution in [2.24, 2.45) is 0 Å². The fourth-order valence-electron chi connectivity index (χ4n) is 4.41. The fourth-order valence-corrected chi connectivity index (χ4v) is 4.41. The van der Waals surface area contributed by atoms with Gasteiger partial charge in [-0.05, 0) is 24.3 Å². The number of amides is 1. The van der Waals surface area contributed by atoms with Crippen LogP contribution in [0.25, 0.3) is 10.9 Å². The number of aromatic nitrogens is 1. The Balaban J connectivity index is 1.52. The number of rotatable bonds is 2. The number of nitrogens with zero attached hydrogens (tertiary/aromatic N) is 3. The number of alkyl halides is 3. The molecule has 1 saturated heterocycles. The standard InChI is InChI=1S/C21H15F4N3O2/c1-27-17-9-26-16-7-12(22)5-6-15(16)18(17)20(19(27)29)10-28(11-20)13-3-2-4-14(8-13)30-21(23,24)25/h2-9H,10-11H2,1H3. The van der Waals surface area contributed by atoms with E-state index in [9.17, 15) is 22.4 Å². The Morgan fingerprint density at radius 2 is 1.90 bits per heavy atom. The molecule has 5 nitrogen and oxygen atoms in total. The molecule has 0 unspecified atom stereocenters. The summed E-state index contributed by atoms with van der Waals surface area (Å²) in [6, 6.07) is 9.93. The molecule has 2 aliphatic rings. The Morgan fingerprint density at radius 3 is 2.63 bits per heavy atom. The molecular weight excluding hydrogens is 402 g/mol. The van der Waals surface area contributed by atoms with Crippen molar-refractivity contribution < 1.29 is 27.1 Å². The fraction of sp³-hybridized carbons (Fsp3) is 0.238. The summed E-state index contributed by atoms with van der Waals surface area (Å²) in [7, 11) is 1.66. The van der Waals surface area contributed by atoms with Gasteiger partial charge in [0.05, 0.1) is 17.4 Å². The number of carbonyl (C=O) groups excluding carboxylic acids is 1. The lowest BCUT2D eigenvalue weighted by atomic mass is 9.73. The smallest absolute Gasteiger partial charge is 0.406 e. The number of fused-ring (bicyclic) bond motifs is 4. The molecule has 1 aromatic heterocycles. The number of likely N-dealkylation sites (N-methyl/N-ethyl adjacent to an activating group) is 1. The molecule has 2 aliphatic heterocycles. The van der Waals surface area contributed by atoms with Gasteiger partial charge in [-0.15, -0.1) is 13.2 Å². The van der Waals surface area contributed by atoms with E-state index >= 15 is 0 Å². The second kappa shape index (κ2) is 6.07. The zero-order valence-corrected chi connectivity index (χ0v) is 15.7. The summed E-state index contributed by atoms with van der Waals surface area (Å²) in [4.78, 5) is 20.8. The maximum Gasteiger partial charge on any atom is 0.573 e. The first-order valence-corrected chi connectivity index (χ1v) is 9.16. The van der Waals surface area contributed by atoms with Gasteiger partial charge >= 0.3 is 6.36 Å². The Kier molecular flexibility index (Phi) is 3.77. The van der Waals surface area contributed by atoms with E-state index in [0.717, 1.165) is 5.56 Å². The third-order valence-electron chi connectivity index (χ3n) is 5.70. The lowest BCUT2D eigenvalue weighted by Gasteiger charge is -2.48. The molecule has 2 aromatic carbocycles. The topological polar surface area (TPSA) is 45.7 Å². The van der Waals surface area contributed by atoms with Crippen molar-refractivity contribution in [3.63, 3.8) is 0 Å². The highest BCUT2D eigenvalue weighted by atomic mass is 19.4. The van der Waals surface area contributed by atoms with Crippen LogP contribution in [0, 0.1) is 5.82 Å². The Labute approximate surface area is 168 Å². The molecule has 3 heterocycles. The maximum atomic E-state index is 13.7. The number of benzene rings is 2. The van der Waals surface area contributed by atoms with Crippen molar-refractivity contribution in [3.05, 3.63) is 60.0 Å². The molecule has 0 atom stereocenters. The van der Waals surface area contributed by atoms with Crippen LogP contribution in [0.2, 0.25) is 0 Å². The third kappa shape index (κ3) is 2.68. The van der Waals surface area contributed by atoms with Gasteiger partial charge in [0.25, 0.3) is 0 Å². The Hall–Kier alpha value is -3.36. The molecule has 30 heavy (non-hydrogen) atoms. The summed E-state index contributed by atoms with van der Waals surface area (Å²) in [6.07, 6.45) is -3.22. The number of pyridine rings is 1. The number of hydrogen-bond acceptors (Lipinski definition) is 4.